The Hall–Kier alpha value is -2.67. The SMILES string of the molecule is CC(C)Cn1c(SC(C)C(=O)Nc2ccccc2)nnc1-c1ccncc1. The normalized spacial score (nSPS) is 12.1. The van der Waals surface area contributed by atoms with Crippen molar-refractivity contribution in [3.63, 3.8) is 0 Å². The minimum absolute atomic E-state index is 0.0595. The third-order valence-electron chi connectivity index (χ3n) is 3.90. The molecule has 27 heavy (non-hydrogen) atoms. The largest absolute Gasteiger partial charge is 0.325 e. The second-order valence-electron chi connectivity index (χ2n) is 6.66. The van der Waals surface area contributed by atoms with Crippen molar-refractivity contribution in [1.29, 1.82) is 0 Å². The molecule has 3 aromatic rings. The molecule has 0 radical (unpaired) electrons. The van der Waals surface area contributed by atoms with E-state index in [1.807, 2.05) is 49.4 Å². The van der Waals surface area contributed by atoms with Crippen LogP contribution in [-0.2, 0) is 11.3 Å². The van der Waals surface area contributed by atoms with Crippen molar-refractivity contribution >= 4 is 23.4 Å². The first kappa shape index (κ1) is 19.1. The molecule has 0 spiro atoms. The van der Waals surface area contributed by atoms with E-state index in [2.05, 4.69) is 38.9 Å². The summed E-state index contributed by atoms with van der Waals surface area (Å²) in [6, 6.07) is 13.3. The molecule has 0 aliphatic rings. The lowest BCUT2D eigenvalue weighted by Gasteiger charge is -2.15. The smallest absolute Gasteiger partial charge is 0.237 e. The van der Waals surface area contributed by atoms with E-state index in [0.717, 1.165) is 28.8 Å². The molecule has 1 unspecified atom stereocenters. The van der Waals surface area contributed by atoms with Gasteiger partial charge in [-0.1, -0.05) is 43.8 Å². The third-order valence-corrected chi connectivity index (χ3v) is 4.98. The Kier molecular flexibility index (Phi) is 6.24. The fraction of sp³-hybridized carbons (Fsp3) is 0.300. The predicted octanol–water partition coefficient (Wildman–Crippen LogP) is 4.12. The standard InChI is InChI=1S/C20H23N5OS/c1-14(2)13-25-18(16-9-11-21-12-10-16)23-24-20(25)27-15(3)19(26)22-17-7-5-4-6-8-17/h4-12,14-15H,13H2,1-3H3,(H,22,26). The number of rotatable bonds is 7. The van der Waals surface area contributed by atoms with Gasteiger partial charge in [0.25, 0.3) is 0 Å². The van der Waals surface area contributed by atoms with Crippen molar-refractivity contribution in [1.82, 2.24) is 19.7 Å². The van der Waals surface area contributed by atoms with E-state index in [-0.39, 0.29) is 11.2 Å². The maximum absolute atomic E-state index is 12.5. The van der Waals surface area contributed by atoms with Crippen LogP contribution in [-0.4, -0.2) is 30.9 Å². The van der Waals surface area contributed by atoms with Crippen molar-refractivity contribution in [2.24, 2.45) is 5.92 Å². The number of hydrogen-bond donors (Lipinski definition) is 1. The minimum atomic E-state index is -0.300. The second-order valence-corrected chi connectivity index (χ2v) is 7.97. The number of para-hydroxylation sites is 1. The summed E-state index contributed by atoms with van der Waals surface area (Å²) in [5.41, 5.74) is 1.75. The molecule has 0 saturated heterocycles. The molecule has 6 nitrogen and oxygen atoms in total. The average molecular weight is 382 g/mol. The summed E-state index contributed by atoms with van der Waals surface area (Å²) in [6.45, 7) is 6.95. The molecule has 1 amide bonds. The minimum Gasteiger partial charge on any atom is -0.325 e. The average Bonchev–Trinajstić information content (AvgIpc) is 3.05. The molecule has 0 aliphatic carbocycles. The third kappa shape index (κ3) is 4.95. The van der Waals surface area contributed by atoms with Crippen LogP contribution >= 0.6 is 11.8 Å². The zero-order valence-electron chi connectivity index (χ0n) is 15.7. The van der Waals surface area contributed by atoms with Gasteiger partial charge in [-0.05, 0) is 37.1 Å². The first-order chi connectivity index (χ1) is 13.0. The predicted molar refractivity (Wildman–Crippen MR) is 108 cm³/mol. The Labute approximate surface area is 163 Å². The Balaban J connectivity index is 1.79. The molecule has 0 fully saturated rings. The summed E-state index contributed by atoms with van der Waals surface area (Å²) in [5.74, 6) is 1.16. The van der Waals surface area contributed by atoms with E-state index in [9.17, 15) is 4.79 Å². The number of benzene rings is 1. The van der Waals surface area contributed by atoms with Crippen molar-refractivity contribution in [3.8, 4) is 11.4 Å². The zero-order valence-corrected chi connectivity index (χ0v) is 16.5. The fourth-order valence-electron chi connectivity index (χ4n) is 2.60. The van der Waals surface area contributed by atoms with E-state index in [0.29, 0.717) is 5.92 Å². The van der Waals surface area contributed by atoms with Gasteiger partial charge in [-0.25, -0.2) is 0 Å². The summed E-state index contributed by atoms with van der Waals surface area (Å²) in [5, 5.41) is 12.1. The van der Waals surface area contributed by atoms with Gasteiger partial charge in [-0.15, -0.1) is 10.2 Å². The zero-order chi connectivity index (χ0) is 19.2. The molecule has 1 aromatic carbocycles. The highest BCUT2D eigenvalue weighted by atomic mass is 32.2. The van der Waals surface area contributed by atoms with Gasteiger partial charge in [0.05, 0.1) is 5.25 Å². The summed E-state index contributed by atoms with van der Waals surface area (Å²) in [4.78, 5) is 16.6. The van der Waals surface area contributed by atoms with Crippen LogP contribution in [0.3, 0.4) is 0 Å². The Morgan fingerprint density at radius 3 is 2.44 bits per heavy atom. The lowest BCUT2D eigenvalue weighted by atomic mass is 10.2. The molecule has 0 aliphatic heterocycles. The maximum Gasteiger partial charge on any atom is 0.237 e. The number of amides is 1. The Morgan fingerprint density at radius 2 is 1.78 bits per heavy atom. The Morgan fingerprint density at radius 1 is 1.07 bits per heavy atom. The van der Waals surface area contributed by atoms with Crippen LogP contribution in [0.15, 0.2) is 60.0 Å². The molecule has 2 heterocycles. The first-order valence-electron chi connectivity index (χ1n) is 8.90. The first-order valence-corrected chi connectivity index (χ1v) is 9.78. The quantitative estimate of drug-likeness (QED) is 0.623. The van der Waals surface area contributed by atoms with E-state index < -0.39 is 0 Å². The summed E-state index contributed by atoms with van der Waals surface area (Å²) < 4.78 is 2.08. The molecule has 7 heteroatoms. The summed E-state index contributed by atoms with van der Waals surface area (Å²) in [6.07, 6.45) is 3.49. The number of thioether (sulfide) groups is 1. The van der Waals surface area contributed by atoms with Crippen LogP contribution in [0, 0.1) is 5.92 Å². The molecular formula is C20H23N5OS. The van der Waals surface area contributed by atoms with Gasteiger partial charge >= 0.3 is 0 Å². The van der Waals surface area contributed by atoms with Crippen molar-refractivity contribution in [2.45, 2.75) is 37.7 Å². The van der Waals surface area contributed by atoms with Crippen LogP contribution in [0.2, 0.25) is 0 Å². The topological polar surface area (TPSA) is 72.7 Å². The van der Waals surface area contributed by atoms with Gasteiger partial charge in [0, 0.05) is 30.2 Å². The summed E-state index contributed by atoms with van der Waals surface area (Å²) >= 11 is 1.42. The van der Waals surface area contributed by atoms with Gasteiger partial charge in [-0.3, -0.25) is 9.78 Å². The number of nitrogens with one attached hydrogen (secondary N) is 1. The summed E-state index contributed by atoms with van der Waals surface area (Å²) in [7, 11) is 0. The van der Waals surface area contributed by atoms with E-state index in [1.165, 1.54) is 11.8 Å². The van der Waals surface area contributed by atoms with E-state index in [1.54, 1.807) is 12.4 Å². The number of nitrogens with zero attached hydrogens (tertiary/aromatic N) is 4. The van der Waals surface area contributed by atoms with Crippen LogP contribution in [0.1, 0.15) is 20.8 Å². The molecule has 1 atom stereocenters. The van der Waals surface area contributed by atoms with Gasteiger partial charge in [0.2, 0.25) is 5.91 Å². The lowest BCUT2D eigenvalue weighted by molar-refractivity contribution is -0.115. The highest BCUT2D eigenvalue weighted by Crippen LogP contribution is 2.28. The highest BCUT2D eigenvalue weighted by molar-refractivity contribution is 8.00. The van der Waals surface area contributed by atoms with Crippen molar-refractivity contribution in [3.05, 3.63) is 54.9 Å². The lowest BCUT2D eigenvalue weighted by Crippen LogP contribution is -2.23. The van der Waals surface area contributed by atoms with E-state index in [4.69, 9.17) is 0 Å². The highest BCUT2D eigenvalue weighted by Gasteiger charge is 2.21. The van der Waals surface area contributed by atoms with Crippen LogP contribution < -0.4 is 5.32 Å². The molecular weight excluding hydrogens is 358 g/mol. The molecule has 140 valence electrons. The van der Waals surface area contributed by atoms with Crippen LogP contribution in [0.25, 0.3) is 11.4 Å². The number of aromatic nitrogens is 4. The maximum atomic E-state index is 12.5. The van der Waals surface area contributed by atoms with E-state index >= 15 is 0 Å². The number of pyridine rings is 1. The molecule has 3 rings (SSSR count). The fourth-order valence-corrected chi connectivity index (χ4v) is 3.46. The monoisotopic (exact) mass is 381 g/mol. The number of carbonyl (C=O) groups is 1. The van der Waals surface area contributed by atoms with Gasteiger partial charge in [0.15, 0.2) is 11.0 Å². The van der Waals surface area contributed by atoms with Crippen molar-refractivity contribution in [2.75, 3.05) is 5.32 Å². The number of hydrogen-bond acceptors (Lipinski definition) is 5. The van der Waals surface area contributed by atoms with Crippen LogP contribution in [0.5, 0.6) is 0 Å². The van der Waals surface area contributed by atoms with Gasteiger partial charge in [0.1, 0.15) is 0 Å². The number of anilines is 1. The van der Waals surface area contributed by atoms with Crippen LogP contribution in [0.4, 0.5) is 5.69 Å². The van der Waals surface area contributed by atoms with Gasteiger partial charge < -0.3 is 9.88 Å². The Bertz CT molecular complexity index is 880. The van der Waals surface area contributed by atoms with Crippen molar-refractivity contribution < 1.29 is 4.79 Å². The molecule has 2 aromatic heterocycles. The molecule has 0 bridgehead atoms. The molecule has 0 saturated carbocycles. The second kappa shape index (κ2) is 8.81. The molecule has 1 N–H and O–H groups in total. The number of carbonyl (C=O) groups excluding carboxylic acids is 1. The van der Waals surface area contributed by atoms with Gasteiger partial charge in [-0.2, -0.15) is 0 Å².